The van der Waals surface area contributed by atoms with Crippen molar-refractivity contribution in [3.8, 4) is 11.5 Å². The summed E-state index contributed by atoms with van der Waals surface area (Å²) in [6, 6.07) is 12.9. The van der Waals surface area contributed by atoms with Crippen LogP contribution in [-0.2, 0) is 14.3 Å². The van der Waals surface area contributed by atoms with Crippen molar-refractivity contribution >= 4 is 23.6 Å². The van der Waals surface area contributed by atoms with Crippen LogP contribution in [0.1, 0.15) is 37.8 Å². The number of esters is 1. The van der Waals surface area contributed by atoms with Gasteiger partial charge in [-0.25, -0.2) is 4.79 Å². The molecule has 29 heavy (non-hydrogen) atoms. The smallest absolute Gasteiger partial charge is 0.331 e. The zero-order valence-electron chi connectivity index (χ0n) is 17.2. The van der Waals surface area contributed by atoms with Gasteiger partial charge in [0.1, 0.15) is 0 Å². The Labute approximate surface area is 171 Å². The quantitative estimate of drug-likeness (QED) is 0.501. The highest BCUT2D eigenvalue weighted by atomic mass is 16.5. The molecule has 0 radical (unpaired) electrons. The molecular weight excluding hydrogens is 370 g/mol. The van der Waals surface area contributed by atoms with E-state index in [1.807, 2.05) is 31.2 Å². The van der Waals surface area contributed by atoms with E-state index in [1.165, 1.54) is 11.6 Å². The Morgan fingerprint density at radius 3 is 2.41 bits per heavy atom. The van der Waals surface area contributed by atoms with Gasteiger partial charge in [0, 0.05) is 11.8 Å². The van der Waals surface area contributed by atoms with Gasteiger partial charge in [0.05, 0.1) is 13.7 Å². The first-order chi connectivity index (χ1) is 13.9. The molecule has 0 aliphatic carbocycles. The Morgan fingerprint density at radius 2 is 1.79 bits per heavy atom. The monoisotopic (exact) mass is 397 g/mol. The average molecular weight is 397 g/mol. The lowest BCUT2D eigenvalue weighted by molar-refractivity contribution is -0.142. The van der Waals surface area contributed by atoms with Crippen molar-refractivity contribution in [3.63, 3.8) is 0 Å². The number of hydrogen-bond donors (Lipinski definition) is 1. The molecule has 0 aliphatic heterocycles. The van der Waals surface area contributed by atoms with Gasteiger partial charge in [-0.05, 0) is 54.3 Å². The van der Waals surface area contributed by atoms with Crippen LogP contribution in [-0.4, -0.2) is 32.2 Å². The topological polar surface area (TPSA) is 73.9 Å². The van der Waals surface area contributed by atoms with Crippen molar-refractivity contribution in [1.82, 2.24) is 0 Å². The van der Waals surface area contributed by atoms with E-state index >= 15 is 0 Å². The van der Waals surface area contributed by atoms with Crippen molar-refractivity contribution < 1.29 is 23.8 Å². The molecule has 154 valence electrons. The summed E-state index contributed by atoms with van der Waals surface area (Å²) in [4.78, 5) is 23.8. The zero-order valence-corrected chi connectivity index (χ0v) is 17.2. The number of ether oxygens (including phenoxy) is 3. The van der Waals surface area contributed by atoms with E-state index in [4.69, 9.17) is 14.2 Å². The molecule has 2 aromatic carbocycles. The molecule has 2 aromatic rings. The summed E-state index contributed by atoms with van der Waals surface area (Å²) in [5.74, 6) is 0.621. The first-order valence-corrected chi connectivity index (χ1v) is 9.48. The number of methoxy groups -OCH3 is 1. The third kappa shape index (κ3) is 6.99. The van der Waals surface area contributed by atoms with Crippen LogP contribution >= 0.6 is 0 Å². The molecule has 0 bridgehead atoms. The number of anilines is 1. The summed E-state index contributed by atoms with van der Waals surface area (Å²) in [6.45, 7) is 6.26. The van der Waals surface area contributed by atoms with Crippen LogP contribution in [0.5, 0.6) is 11.5 Å². The molecule has 1 N–H and O–H groups in total. The Kier molecular flexibility index (Phi) is 8.27. The molecule has 0 heterocycles. The van der Waals surface area contributed by atoms with Crippen molar-refractivity contribution in [3.05, 3.63) is 59.7 Å². The minimum atomic E-state index is -0.608. The van der Waals surface area contributed by atoms with Crippen LogP contribution in [0, 0.1) is 0 Å². The minimum absolute atomic E-state index is 0.359. The maximum absolute atomic E-state index is 11.9. The fourth-order valence-electron chi connectivity index (χ4n) is 2.56. The highest BCUT2D eigenvalue weighted by Gasteiger charge is 2.07. The summed E-state index contributed by atoms with van der Waals surface area (Å²) >= 11 is 0. The lowest BCUT2D eigenvalue weighted by Gasteiger charge is -2.09. The first-order valence-electron chi connectivity index (χ1n) is 9.48. The fourth-order valence-corrected chi connectivity index (χ4v) is 2.56. The molecule has 0 aliphatic rings. The third-order valence-electron chi connectivity index (χ3n) is 4.11. The van der Waals surface area contributed by atoms with Gasteiger partial charge in [0.15, 0.2) is 18.1 Å². The Hall–Kier alpha value is -3.28. The summed E-state index contributed by atoms with van der Waals surface area (Å²) in [6.07, 6.45) is 2.85. The highest BCUT2D eigenvalue weighted by Crippen LogP contribution is 2.28. The van der Waals surface area contributed by atoms with E-state index in [2.05, 4.69) is 19.2 Å². The predicted molar refractivity (Wildman–Crippen MR) is 113 cm³/mol. The molecule has 0 unspecified atom stereocenters. The molecule has 6 nitrogen and oxygen atoms in total. The lowest BCUT2D eigenvalue weighted by Crippen LogP contribution is -2.20. The van der Waals surface area contributed by atoms with Gasteiger partial charge in [-0.1, -0.05) is 32.0 Å². The van der Waals surface area contributed by atoms with E-state index in [-0.39, 0.29) is 6.61 Å². The predicted octanol–water partition coefficient (Wildman–Crippen LogP) is 4.41. The van der Waals surface area contributed by atoms with E-state index in [9.17, 15) is 9.59 Å². The number of benzene rings is 2. The van der Waals surface area contributed by atoms with Crippen LogP contribution in [0.4, 0.5) is 5.69 Å². The van der Waals surface area contributed by atoms with Crippen molar-refractivity contribution in [2.24, 2.45) is 0 Å². The fraction of sp³-hybridized carbons (Fsp3) is 0.304. The number of carbonyl (C=O) groups excluding carboxylic acids is 2. The molecular formula is C23H27NO5. The Bertz CT molecular complexity index is 856. The largest absolute Gasteiger partial charge is 0.493 e. The molecule has 0 aromatic heterocycles. The second kappa shape index (κ2) is 10.9. The van der Waals surface area contributed by atoms with Gasteiger partial charge in [0.2, 0.25) is 0 Å². The standard InChI is InChI=1S/C23H27NO5/c1-5-28-20-12-6-17(14-21(20)27-4)7-13-23(26)29-15-22(25)24-19-10-8-18(9-11-19)16(2)3/h6-14,16H,5,15H2,1-4H3,(H,24,25)/b13-7+. The number of carbonyl (C=O) groups is 2. The second-order valence-electron chi connectivity index (χ2n) is 6.61. The summed E-state index contributed by atoms with van der Waals surface area (Å²) in [5, 5.41) is 2.70. The zero-order chi connectivity index (χ0) is 21.2. The molecule has 0 fully saturated rings. The maximum Gasteiger partial charge on any atom is 0.331 e. The van der Waals surface area contributed by atoms with Crippen molar-refractivity contribution in [2.45, 2.75) is 26.7 Å². The van der Waals surface area contributed by atoms with Gasteiger partial charge in [-0.3, -0.25) is 4.79 Å². The van der Waals surface area contributed by atoms with Gasteiger partial charge in [-0.2, -0.15) is 0 Å². The van der Waals surface area contributed by atoms with Crippen LogP contribution in [0.15, 0.2) is 48.5 Å². The maximum atomic E-state index is 11.9. The molecule has 0 spiro atoms. The van der Waals surface area contributed by atoms with E-state index in [0.717, 1.165) is 5.56 Å². The molecule has 6 heteroatoms. The summed E-state index contributed by atoms with van der Waals surface area (Å²) < 4.78 is 15.7. The average Bonchev–Trinajstić information content (AvgIpc) is 2.72. The van der Waals surface area contributed by atoms with E-state index in [1.54, 1.807) is 31.4 Å². The van der Waals surface area contributed by atoms with Crippen LogP contribution < -0.4 is 14.8 Å². The summed E-state index contributed by atoms with van der Waals surface area (Å²) in [5.41, 5.74) is 2.59. The van der Waals surface area contributed by atoms with Gasteiger partial charge in [-0.15, -0.1) is 0 Å². The van der Waals surface area contributed by atoms with E-state index < -0.39 is 11.9 Å². The van der Waals surface area contributed by atoms with Gasteiger partial charge < -0.3 is 19.5 Å². The normalized spacial score (nSPS) is 10.8. The van der Waals surface area contributed by atoms with Crippen molar-refractivity contribution in [1.29, 1.82) is 0 Å². The van der Waals surface area contributed by atoms with Crippen LogP contribution in [0.25, 0.3) is 6.08 Å². The SMILES string of the molecule is CCOc1ccc(/C=C/C(=O)OCC(=O)Nc2ccc(C(C)C)cc2)cc1OC. The second-order valence-corrected chi connectivity index (χ2v) is 6.61. The number of amides is 1. The van der Waals surface area contributed by atoms with Gasteiger partial charge >= 0.3 is 5.97 Å². The molecule has 2 rings (SSSR count). The Balaban J connectivity index is 1.85. The number of rotatable bonds is 9. The molecule has 0 saturated heterocycles. The lowest BCUT2D eigenvalue weighted by atomic mass is 10.0. The molecule has 1 amide bonds. The third-order valence-corrected chi connectivity index (χ3v) is 4.11. The first kappa shape index (κ1) is 22.0. The molecule has 0 atom stereocenters. The highest BCUT2D eigenvalue weighted by molar-refractivity contribution is 5.94. The summed E-state index contributed by atoms with van der Waals surface area (Å²) in [7, 11) is 1.55. The van der Waals surface area contributed by atoms with Gasteiger partial charge in [0.25, 0.3) is 5.91 Å². The minimum Gasteiger partial charge on any atom is -0.493 e. The van der Waals surface area contributed by atoms with Crippen molar-refractivity contribution in [2.75, 3.05) is 25.6 Å². The van der Waals surface area contributed by atoms with Crippen LogP contribution in [0.3, 0.4) is 0 Å². The number of nitrogens with one attached hydrogen (secondary N) is 1. The van der Waals surface area contributed by atoms with Crippen LogP contribution in [0.2, 0.25) is 0 Å². The molecule has 0 saturated carbocycles. The Morgan fingerprint density at radius 1 is 1.07 bits per heavy atom. The number of hydrogen-bond acceptors (Lipinski definition) is 5. The van der Waals surface area contributed by atoms with E-state index in [0.29, 0.717) is 29.7 Å².